The van der Waals surface area contributed by atoms with Gasteiger partial charge >= 0.3 is 0 Å². The first-order valence-electron chi connectivity index (χ1n) is 5.70. The Morgan fingerprint density at radius 3 is 2.80 bits per heavy atom. The lowest BCUT2D eigenvalue weighted by Crippen LogP contribution is -2.55. The second-order valence-electron chi connectivity index (χ2n) is 4.18. The van der Waals surface area contributed by atoms with Gasteiger partial charge in [-0.2, -0.15) is 0 Å². The fraction of sp³-hybridized carbons (Fsp3) is 0.600. The first kappa shape index (κ1) is 15.7. The molecule has 1 aromatic rings. The van der Waals surface area contributed by atoms with E-state index in [1.165, 1.54) is 11.8 Å². The molecule has 112 valence electrons. The number of nitrogens with one attached hydrogen (secondary N) is 2. The lowest BCUT2D eigenvalue weighted by atomic mass is 10.0. The van der Waals surface area contributed by atoms with Gasteiger partial charge in [0.2, 0.25) is 0 Å². The number of rotatable bonds is 3. The van der Waals surface area contributed by atoms with Crippen LogP contribution in [-0.4, -0.2) is 62.7 Å². The standard InChI is InChI=1S/C10H14BrN3O5S/c1-20-10-13-7(4(11)8(18)14-10)12-9-6(17)5(16)3(15)2-19-9/h3,5-6,9,15-17H,2H2,1H3,(H2,12,13,14,18)/t3-,5-,6+,9+/m1/s1. The van der Waals surface area contributed by atoms with Crippen LogP contribution in [0, 0.1) is 0 Å². The maximum Gasteiger partial charge on any atom is 0.268 e. The molecule has 1 aliphatic heterocycles. The smallest absolute Gasteiger partial charge is 0.268 e. The number of H-pyrrole nitrogens is 1. The van der Waals surface area contributed by atoms with Gasteiger partial charge in [-0.05, 0) is 22.2 Å². The predicted molar refractivity (Wildman–Crippen MR) is 75.7 cm³/mol. The molecule has 2 heterocycles. The van der Waals surface area contributed by atoms with Gasteiger partial charge in [-0.3, -0.25) is 4.79 Å². The van der Waals surface area contributed by atoms with Gasteiger partial charge in [-0.25, -0.2) is 4.98 Å². The van der Waals surface area contributed by atoms with Gasteiger partial charge in [0.25, 0.3) is 5.56 Å². The number of thioether (sulfide) groups is 1. The quantitative estimate of drug-likeness (QED) is 0.343. The van der Waals surface area contributed by atoms with E-state index in [0.29, 0.717) is 5.16 Å². The SMILES string of the molecule is CSc1nc(N[C@H]2OC[C@@H](O)[C@@H](O)[C@@H]2O)c(Br)c(=O)[nH]1. The number of anilines is 1. The van der Waals surface area contributed by atoms with Crippen LogP contribution in [0.2, 0.25) is 0 Å². The first-order valence-corrected chi connectivity index (χ1v) is 7.72. The number of aliphatic hydroxyl groups is 3. The van der Waals surface area contributed by atoms with E-state index in [-0.39, 0.29) is 22.5 Å². The van der Waals surface area contributed by atoms with Crippen LogP contribution in [0.4, 0.5) is 5.82 Å². The maximum absolute atomic E-state index is 11.7. The minimum absolute atomic E-state index is 0.133. The third kappa shape index (κ3) is 3.15. The molecule has 0 amide bonds. The Morgan fingerprint density at radius 1 is 1.45 bits per heavy atom. The van der Waals surface area contributed by atoms with E-state index in [1.54, 1.807) is 6.26 Å². The lowest BCUT2D eigenvalue weighted by Gasteiger charge is -2.35. The van der Waals surface area contributed by atoms with Crippen molar-refractivity contribution in [1.82, 2.24) is 9.97 Å². The van der Waals surface area contributed by atoms with Gasteiger partial charge in [0.15, 0.2) is 17.2 Å². The molecule has 1 aromatic heterocycles. The van der Waals surface area contributed by atoms with Crippen molar-refractivity contribution in [3.63, 3.8) is 0 Å². The van der Waals surface area contributed by atoms with Crippen LogP contribution in [0.1, 0.15) is 0 Å². The summed E-state index contributed by atoms with van der Waals surface area (Å²) in [6, 6.07) is 0. The van der Waals surface area contributed by atoms with Crippen molar-refractivity contribution in [3.05, 3.63) is 14.8 Å². The molecule has 1 aliphatic rings. The number of aromatic amines is 1. The molecular formula is C10H14BrN3O5S. The van der Waals surface area contributed by atoms with Gasteiger partial charge < -0.3 is 30.4 Å². The molecule has 2 rings (SSSR count). The van der Waals surface area contributed by atoms with E-state index in [4.69, 9.17) is 4.74 Å². The van der Waals surface area contributed by atoms with Crippen LogP contribution < -0.4 is 10.9 Å². The van der Waals surface area contributed by atoms with Crippen LogP contribution in [0.25, 0.3) is 0 Å². The highest BCUT2D eigenvalue weighted by Crippen LogP contribution is 2.22. The van der Waals surface area contributed by atoms with Crippen molar-refractivity contribution < 1.29 is 20.1 Å². The van der Waals surface area contributed by atoms with Crippen molar-refractivity contribution in [2.24, 2.45) is 0 Å². The molecule has 1 fully saturated rings. The van der Waals surface area contributed by atoms with Crippen molar-refractivity contribution in [3.8, 4) is 0 Å². The number of aliphatic hydroxyl groups excluding tert-OH is 3. The molecule has 0 saturated carbocycles. The zero-order valence-corrected chi connectivity index (χ0v) is 12.8. The Bertz CT molecular complexity index is 542. The van der Waals surface area contributed by atoms with E-state index in [9.17, 15) is 20.1 Å². The number of halogens is 1. The highest BCUT2D eigenvalue weighted by molar-refractivity contribution is 9.10. The van der Waals surface area contributed by atoms with Crippen LogP contribution in [0.15, 0.2) is 14.4 Å². The molecule has 0 aliphatic carbocycles. The number of aromatic nitrogens is 2. The van der Waals surface area contributed by atoms with Crippen LogP contribution in [-0.2, 0) is 4.74 Å². The molecule has 4 atom stereocenters. The summed E-state index contributed by atoms with van der Waals surface area (Å²) in [4.78, 5) is 18.4. The molecule has 0 spiro atoms. The third-order valence-electron chi connectivity index (χ3n) is 2.81. The van der Waals surface area contributed by atoms with Crippen molar-refractivity contribution in [1.29, 1.82) is 0 Å². The normalized spacial score (nSPS) is 30.2. The lowest BCUT2D eigenvalue weighted by molar-refractivity contribution is -0.178. The first-order chi connectivity index (χ1) is 9.43. The molecule has 8 nitrogen and oxygen atoms in total. The summed E-state index contributed by atoms with van der Waals surface area (Å²) < 4.78 is 5.35. The summed E-state index contributed by atoms with van der Waals surface area (Å²) in [5, 5.41) is 31.9. The molecule has 0 unspecified atom stereocenters. The molecular weight excluding hydrogens is 354 g/mol. The fourth-order valence-electron chi connectivity index (χ4n) is 1.70. The average molecular weight is 368 g/mol. The molecule has 0 radical (unpaired) electrons. The minimum Gasteiger partial charge on any atom is -0.388 e. The summed E-state index contributed by atoms with van der Waals surface area (Å²) in [5.74, 6) is 0.186. The Hall–Kier alpha value is -0.650. The average Bonchev–Trinajstić information content (AvgIpc) is 2.44. The fourth-order valence-corrected chi connectivity index (χ4v) is 2.38. The topological polar surface area (TPSA) is 128 Å². The van der Waals surface area contributed by atoms with Gasteiger partial charge in [-0.15, -0.1) is 0 Å². The van der Waals surface area contributed by atoms with Crippen molar-refractivity contribution in [2.45, 2.75) is 29.7 Å². The third-order valence-corrected chi connectivity index (χ3v) is 4.13. The summed E-state index contributed by atoms with van der Waals surface area (Å²) in [7, 11) is 0. The summed E-state index contributed by atoms with van der Waals surface area (Å²) in [6.07, 6.45) is -3.05. The molecule has 20 heavy (non-hydrogen) atoms. The monoisotopic (exact) mass is 367 g/mol. The zero-order chi connectivity index (χ0) is 14.9. The Balaban J connectivity index is 2.22. The van der Waals surface area contributed by atoms with Crippen molar-refractivity contribution >= 4 is 33.5 Å². The van der Waals surface area contributed by atoms with Crippen LogP contribution >= 0.6 is 27.7 Å². The minimum atomic E-state index is -1.34. The number of nitrogens with zero attached hydrogens (tertiary/aromatic N) is 1. The molecule has 1 saturated heterocycles. The van der Waals surface area contributed by atoms with E-state index in [2.05, 4.69) is 31.2 Å². The summed E-state index contributed by atoms with van der Waals surface area (Å²) in [5.41, 5.74) is -0.377. The molecule has 0 aromatic carbocycles. The van der Waals surface area contributed by atoms with E-state index < -0.39 is 24.5 Å². The van der Waals surface area contributed by atoms with E-state index in [0.717, 1.165) is 0 Å². The van der Waals surface area contributed by atoms with E-state index in [1.807, 2.05) is 0 Å². The summed E-state index contributed by atoms with van der Waals surface area (Å²) >= 11 is 4.34. The van der Waals surface area contributed by atoms with Crippen LogP contribution in [0.5, 0.6) is 0 Å². The van der Waals surface area contributed by atoms with Crippen LogP contribution in [0.3, 0.4) is 0 Å². The van der Waals surface area contributed by atoms with Gasteiger partial charge in [-0.1, -0.05) is 11.8 Å². The largest absolute Gasteiger partial charge is 0.388 e. The number of ether oxygens (including phenoxy) is 1. The second kappa shape index (κ2) is 6.41. The Morgan fingerprint density at radius 2 is 2.15 bits per heavy atom. The zero-order valence-electron chi connectivity index (χ0n) is 10.4. The number of hydrogen-bond acceptors (Lipinski definition) is 8. The Labute approximate surface area is 126 Å². The molecule has 0 bridgehead atoms. The second-order valence-corrected chi connectivity index (χ2v) is 5.77. The molecule has 10 heteroatoms. The van der Waals surface area contributed by atoms with Gasteiger partial charge in [0.1, 0.15) is 22.8 Å². The number of hydrogen-bond donors (Lipinski definition) is 5. The maximum atomic E-state index is 11.7. The predicted octanol–water partition coefficient (Wildman–Crippen LogP) is -0.895. The van der Waals surface area contributed by atoms with Crippen molar-refractivity contribution in [2.75, 3.05) is 18.2 Å². The Kier molecular flexibility index (Phi) is 5.04. The van der Waals surface area contributed by atoms with Gasteiger partial charge in [0.05, 0.1) is 6.61 Å². The highest BCUT2D eigenvalue weighted by Gasteiger charge is 2.38. The highest BCUT2D eigenvalue weighted by atomic mass is 79.9. The van der Waals surface area contributed by atoms with Gasteiger partial charge in [0, 0.05) is 0 Å². The summed E-state index contributed by atoms with van der Waals surface area (Å²) in [6.45, 7) is -0.133. The van der Waals surface area contributed by atoms with E-state index >= 15 is 0 Å². The molecule has 5 N–H and O–H groups in total.